The molecule has 0 aliphatic carbocycles. The largest absolute Gasteiger partial charge is 0.340 e. The lowest BCUT2D eigenvalue weighted by Crippen LogP contribution is -2.10. The molecule has 1 atom stereocenters. The van der Waals surface area contributed by atoms with Gasteiger partial charge in [0, 0.05) is 51.2 Å². The monoisotopic (exact) mass is 516 g/mol. The summed E-state index contributed by atoms with van der Waals surface area (Å²) in [7, 11) is 1.73. The number of hydrogen-bond donors (Lipinski definition) is 1. The molecule has 2 aromatic rings. The first-order valence-electron chi connectivity index (χ1n) is 14.0. The molecule has 0 amide bonds. The number of rotatable bonds is 10. The third-order valence-corrected chi connectivity index (χ3v) is 6.69. The third kappa shape index (κ3) is 8.61. The highest BCUT2D eigenvalue weighted by atomic mass is 16.1. The number of benzene rings is 1. The zero-order valence-corrected chi connectivity index (χ0v) is 24.6. The van der Waals surface area contributed by atoms with Crippen LogP contribution in [0.1, 0.15) is 99.0 Å². The van der Waals surface area contributed by atoms with Crippen molar-refractivity contribution in [2.24, 2.45) is 9.98 Å². The molecule has 1 aromatic heterocycles. The molecular weight excluding hydrogens is 468 g/mol. The van der Waals surface area contributed by atoms with Crippen LogP contribution in [0.5, 0.6) is 0 Å². The molecular formula is C33H48N4O. The Morgan fingerprint density at radius 2 is 1.84 bits per heavy atom. The molecule has 1 N–H and O–H groups in total. The highest BCUT2D eigenvalue weighted by Crippen LogP contribution is 2.29. The summed E-state index contributed by atoms with van der Waals surface area (Å²) in [6.45, 7) is 14.9. The van der Waals surface area contributed by atoms with Crippen LogP contribution in [0.15, 0.2) is 75.5 Å². The third-order valence-electron chi connectivity index (χ3n) is 6.69. The van der Waals surface area contributed by atoms with Crippen LogP contribution in [-0.2, 0) is 10.2 Å². The van der Waals surface area contributed by atoms with Crippen LogP contribution in [0.2, 0.25) is 0 Å². The van der Waals surface area contributed by atoms with E-state index in [1.54, 1.807) is 13.3 Å². The van der Waals surface area contributed by atoms with E-state index in [1.165, 1.54) is 5.56 Å². The van der Waals surface area contributed by atoms with Gasteiger partial charge in [0.25, 0.3) is 0 Å². The molecule has 38 heavy (non-hydrogen) atoms. The smallest absolute Gasteiger partial charge is 0.181 e. The molecule has 0 saturated heterocycles. The van der Waals surface area contributed by atoms with Crippen LogP contribution in [0, 0.1) is 0 Å². The summed E-state index contributed by atoms with van der Waals surface area (Å²) < 4.78 is 0. The van der Waals surface area contributed by atoms with Crippen molar-refractivity contribution in [2.75, 3.05) is 12.4 Å². The Labute approximate surface area is 231 Å². The minimum atomic E-state index is 0. The van der Waals surface area contributed by atoms with Crippen LogP contribution in [0.25, 0.3) is 0 Å². The molecule has 5 nitrogen and oxygen atoms in total. The van der Waals surface area contributed by atoms with Crippen molar-refractivity contribution in [2.45, 2.75) is 91.9 Å². The van der Waals surface area contributed by atoms with Gasteiger partial charge >= 0.3 is 0 Å². The molecule has 3 rings (SSSR count). The van der Waals surface area contributed by atoms with E-state index in [0.29, 0.717) is 12.1 Å². The van der Waals surface area contributed by atoms with Crippen LogP contribution in [0.3, 0.4) is 0 Å². The number of carbonyl (C=O) groups excluding carboxylic acids is 1. The average molecular weight is 517 g/mol. The van der Waals surface area contributed by atoms with Crippen molar-refractivity contribution < 1.29 is 6.22 Å². The van der Waals surface area contributed by atoms with Gasteiger partial charge in [-0.3, -0.25) is 14.8 Å². The summed E-state index contributed by atoms with van der Waals surface area (Å²) in [5.74, 6) is 1.15. The average Bonchev–Trinajstić information content (AvgIpc) is 3.13. The van der Waals surface area contributed by atoms with E-state index in [-0.39, 0.29) is 18.5 Å². The van der Waals surface area contributed by atoms with Crippen molar-refractivity contribution in [3.63, 3.8) is 0 Å². The molecule has 0 radical (unpaired) electrons. The molecule has 0 fully saturated rings. The lowest BCUT2D eigenvalue weighted by molar-refractivity contribution is -0.115. The van der Waals surface area contributed by atoms with Gasteiger partial charge in [-0.15, -0.1) is 0 Å². The molecule has 1 aromatic carbocycles. The molecule has 1 unspecified atom stereocenters. The van der Waals surface area contributed by atoms with Crippen molar-refractivity contribution in [1.82, 2.24) is 4.98 Å². The second-order valence-electron chi connectivity index (χ2n) is 10.3. The standard InChI is InChI=1S/C31H40N4O.C2H6.H2/c1-7-22(11-17-28(36)30-27(21-32-6)23(8-2)10-9-19-33-30)24-12-18-29(34-20-24)35-26-15-13-25(14-16-26)31(3,4)5;1-2;/h10,12-16,18-22H,7-9,11,17H2,1-6H3,(H,34,35);1-2H3;1H. The second kappa shape index (κ2) is 15.2. The number of allylic oxidation sites excluding steroid dienone is 4. The highest BCUT2D eigenvalue weighted by Gasteiger charge is 2.20. The van der Waals surface area contributed by atoms with Gasteiger partial charge in [0.05, 0.1) is 0 Å². The number of carbonyl (C=O) groups is 1. The Morgan fingerprint density at radius 1 is 1.13 bits per heavy atom. The first-order chi connectivity index (χ1) is 18.3. The molecule has 206 valence electrons. The number of aliphatic imine (C=N–C) groups is 2. The number of Topliss-reactive ketones (excluding diaryl/α,β-unsaturated/α-hetero) is 1. The van der Waals surface area contributed by atoms with Gasteiger partial charge in [0.1, 0.15) is 11.5 Å². The lowest BCUT2D eigenvalue weighted by Gasteiger charge is -2.19. The molecule has 0 spiro atoms. The van der Waals surface area contributed by atoms with Crippen molar-refractivity contribution in [1.29, 1.82) is 0 Å². The SMILES string of the molecule is CC.CCC1=CCC=NC(C(=O)CCC(CC)c2ccc(Nc3ccc(C(C)(C)C)cc3)nc2)=C1C=NC.[HH]. The Bertz CT molecular complexity index is 1150. The minimum Gasteiger partial charge on any atom is -0.340 e. The van der Waals surface area contributed by atoms with Gasteiger partial charge in [-0.1, -0.05) is 72.7 Å². The molecule has 1 aliphatic heterocycles. The molecule has 0 saturated carbocycles. The molecule has 1 aliphatic rings. The Kier molecular flexibility index (Phi) is 12.3. The maximum absolute atomic E-state index is 13.2. The fourth-order valence-electron chi connectivity index (χ4n) is 4.45. The normalized spacial score (nSPS) is 14.5. The minimum absolute atomic E-state index is 0. The number of nitrogens with one attached hydrogen (secondary N) is 1. The molecule has 5 heteroatoms. The van der Waals surface area contributed by atoms with Crippen molar-refractivity contribution >= 4 is 29.7 Å². The zero-order valence-electron chi connectivity index (χ0n) is 24.6. The molecule has 0 bridgehead atoms. The van der Waals surface area contributed by atoms with Crippen LogP contribution in [0.4, 0.5) is 11.5 Å². The van der Waals surface area contributed by atoms with Crippen molar-refractivity contribution in [3.05, 3.63) is 76.6 Å². The van der Waals surface area contributed by atoms with Crippen LogP contribution < -0.4 is 5.32 Å². The van der Waals surface area contributed by atoms with Gasteiger partial charge in [-0.05, 0) is 65.5 Å². The van der Waals surface area contributed by atoms with Gasteiger partial charge < -0.3 is 5.32 Å². The van der Waals surface area contributed by atoms with E-state index in [0.717, 1.165) is 53.9 Å². The summed E-state index contributed by atoms with van der Waals surface area (Å²) in [5, 5.41) is 3.39. The van der Waals surface area contributed by atoms with Gasteiger partial charge in [0.15, 0.2) is 5.78 Å². The maximum Gasteiger partial charge on any atom is 0.181 e. The highest BCUT2D eigenvalue weighted by molar-refractivity contribution is 6.04. The first kappa shape index (κ1) is 30.9. The van der Waals surface area contributed by atoms with E-state index >= 15 is 0 Å². The quantitative estimate of drug-likeness (QED) is 0.320. The predicted octanol–water partition coefficient (Wildman–Crippen LogP) is 9.00. The van der Waals surface area contributed by atoms with Crippen LogP contribution >= 0.6 is 0 Å². The number of pyridine rings is 1. The Balaban J connectivity index is 0.00000248. The topological polar surface area (TPSA) is 66.7 Å². The number of hydrogen-bond acceptors (Lipinski definition) is 5. The lowest BCUT2D eigenvalue weighted by atomic mass is 9.87. The summed E-state index contributed by atoms with van der Waals surface area (Å²) in [4.78, 5) is 26.5. The fraction of sp³-hybridized carbons (Fsp3) is 0.455. The van der Waals surface area contributed by atoms with E-state index in [1.807, 2.05) is 32.3 Å². The molecule has 2 heterocycles. The van der Waals surface area contributed by atoms with E-state index in [9.17, 15) is 4.79 Å². The summed E-state index contributed by atoms with van der Waals surface area (Å²) >= 11 is 0. The summed E-state index contributed by atoms with van der Waals surface area (Å²) in [5.41, 5.74) is 6.14. The predicted molar refractivity (Wildman–Crippen MR) is 166 cm³/mol. The number of aromatic nitrogens is 1. The van der Waals surface area contributed by atoms with E-state index in [2.05, 4.69) is 91.3 Å². The second-order valence-corrected chi connectivity index (χ2v) is 10.3. The van der Waals surface area contributed by atoms with Gasteiger partial charge in [-0.25, -0.2) is 4.98 Å². The number of ketones is 1. The fourth-order valence-corrected chi connectivity index (χ4v) is 4.45. The summed E-state index contributed by atoms with van der Waals surface area (Å²) in [6.07, 6.45) is 11.4. The van der Waals surface area contributed by atoms with Crippen molar-refractivity contribution in [3.8, 4) is 0 Å². The van der Waals surface area contributed by atoms with E-state index in [4.69, 9.17) is 0 Å². The first-order valence-corrected chi connectivity index (χ1v) is 14.0. The van der Waals surface area contributed by atoms with E-state index < -0.39 is 0 Å². The number of nitrogens with zero attached hydrogens (tertiary/aromatic N) is 3. The van der Waals surface area contributed by atoms with Crippen LogP contribution in [-0.4, -0.2) is 30.2 Å². The maximum atomic E-state index is 13.2. The summed E-state index contributed by atoms with van der Waals surface area (Å²) in [6, 6.07) is 12.6. The van der Waals surface area contributed by atoms with Gasteiger partial charge in [0.2, 0.25) is 0 Å². The Hall–Kier alpha value is -3.34. The Morgan fingerprint density at radius 3 is 2.39 bits per heavy atom. The van der Waals surface area contributed by atoms with Gasteiger partial charge in [-0.2, -0.15) is 0 Å². The zero-order chi connectivity index (χ0) is 28.1. The number of anilines is 2.